The van der Waals surface area contributed by atoms with E-state index < -0.39 is 5.97 Å². The van der Waals surface area contributed by atoms with E-state index in [1.807, 2.05) is 36.1 Å². The molecule has 0 radical (unpaired) electrons. The van der Waals surface area contributed by atoms with Gasteiger partial charge in [-0.2, -0.15) is 0 Å². The van der Waals surface area contributed by atoms with Crippen LogP contribution in [0.15, 0.2) is 24.3 Å². The van der Waals surface area contributed by atoms with E-state index in [-0.39, 0.29) is 6.54 Å². The molecule has 4 nitrogen and oxygen atoms in total. The fraction of sp³-hybridized carbons (Fsp3) is 0.562. The Bertz CT molecular complexity index is 441. The summed E-state index contributed by atoms with van der Waals surface area (Å²) in [5, 5.41) is 9.02. The highest BCUT2D eigenvalue weighted by Crippen LogP contribution is 2.23. The van der Waals surface area contributed by atoms with Crippen LogP contribution in [0.3, 0.4) is 0 Å². The molecule has 1 saturated carbocycles. The number of ether oxygens (including phenoxy) is 1. The SMILES string of the molecule is Cc1ccccc1OCCN(CC(=O)O)C1CCCC1. The van der Waals surface area contributed by atoms with Crippen molar-refractivity contribution in [1.29, 1.82) is 0 Å². The molecule has 1 fully saturated rings. The van der Waals surface area contributed by atoms with Crippen molar-refractivity contribution in [2.45, 2.75) is 38.6 Å². The maximum Gasteiger partial charge on any atom is 0.317 e. The molecule has 0 unspecified atom stereocenters. The number of para-hydroxylation sites is 1. The molecule has 0 saturated heterocycles. The smallest absolute Gasteiger partial charge is 0.317 e. The van der Waals surface area contributed by atoms with Crippen molar-refractivity contribution < 1.29 is 14.6 Å². The third kappa shape index (κ3) is 4.23. The van der Waals surface area contributed by atoms with Crippen molar-refractivity contribution in [3.63, 3.8) is 0 Å². The number of carboxylic acids is 1. The second kappa shape index (κ2) is 7.29. The Hall–Kier alpha value is -1.55. The van der Waals surface area contributed by atoms with Gasteiger partial charge >= 0.3 is 5.97 Å². The standard InChI is InChI=1S/C16H23NO3/c1-13-6-2-5-9-15(13)20-11-10-17(12-16(18)19)14-7-3-4-8-14/h2,5-6,9,14H,3-4,7-8,10-12H2,1H3,(H,18,19). The molecule has 110 valence electrons. The number of hydrogen-bond donors (Lipinski definition) is 1. The average molecular weight is 277 g/mol. The second-order valence-electron chi connectivity index (χ2n) is 5.42. The van der Waals surface area contributed by atoms with E-state index in [1.165, 1.54) is 12.8 Å². The van der Waals surface area contributed by atoms with Gasteiger partial charge in [0.05, 0.1) is 6.54 Å². The zero-order chi connectivity index (χ0) is 14.4. The van der Waals surface area contributed by atoms with Crippen molar-refractivity contribution in [3.05, 3.63) is 29.8 Å². The van der Waals surface area contributed by atoms with Gasteiger partial charge in [0.1, 0.15) is 12.4 Å². The first-order valence-electron chi connectivity index (χ1n) is 7.31. The zero-order valence-corrected chi connectivity index (χ0v) is 12.0. The highest BCUT2D eigenvalue weighted by molar-refractivity contribution is 5.69. The van der Waals surface area contributed by atoms with Gasteiger partial charge < -0.3 is 9.84 Å². The van der Waals surface area contributed by atoms with Gasteiger partial charge in [0.25, 0.3) is 0 Å². The van der Waals surface area contributed by atoms with Gasteiger partial charge in [-0.15, -0.1) is 0 Å². The summed E-state index contributed by atoms with van der Waals surface area (Å²) in [5.74, 6) is 0.127. The molecule has 1 aromatic rings. The van der Waals surface area contributed by atoms with Crippen LogP contribution in [0.1, 0.15) is 31.2 Å². The highest BCUT2D eigenvalue weighted by atomic mass is 16.5. The van der Waals surface area contributed by atoms with Crippen molar-refractivity contribution >= 4 is 5.97 Å². The normalized spacial score (nSPS) is 15.7. The van der Waals surface area contributed by atoms with Gasteiger partial charge in [-0.1, -0.05) is 31.0 Å². The number of rotatable bonds is 7. The highest BCUT2D eigenvalue weighted by Gasteiger charge is 2.24. The van der Waals surface area contributed by atoms with Crippen LogP contribution in [0.2, 0.25) is 0 Å². The largest absolute Gasteiger partial charge is 0.492 e. The van der Waals surface area contributed by atoms with E-state index >= 15 is 0 Å². The molecule has 1 N–H and O–H groups in total. The molecule has 20 heavy (non-hydrogen) atoms. The summed E-state index contributed by atoms with van der Waals surface area (Å²) in [5.41, 5.74) is 1.11. The molecule has 0 amide bonds. The average Bonchev–Trinajstić information content (AvgIpc) is 2.93. The van der Waals surface area contributed by atoms with Crippen molar-refractivity contribution in [2.24, 2.45) is 0 Å². The van der Waals surface area contributed by atoms with Gasteiger partial charge in [-0.25, -0.2) is 0 Å². The number of aryl methyl sites for hydroxylation is 1. The fourth-order valence-corrected chi connectivity index (χ4v) is 2.83. The van der Waals surface area contributed by atoms with Crippen LogP contribution in [0.4, 0.5) is 0 Å². The van der Waals surface area contributed by atoms with Crippen LogP contribution in [0.5, 0.6) is 5.75 Å². The summed E-state index contributed by atoms with van der Waals surface area (Å²) < 4.78 is 5.77. The molecule has 0 atom stereocenters. The molecular formula is C16H23NO3. The maximum atomic E-state index is 11.0. The first kappa shape index (κ1) is 14.9. The number of hydrogen-bond acceptors (Lipinski definition) is 3. The van der Waals surface area contributed by atoms with Gasteiger partial charge in [-0.05, 0) is 31.4 Å². The Kier molecular flexibility index (Phi) is 5.41. The van der Waals surface area contributed by atoms with Gasteiger partial charge in [-0.3, -0.25) is 9.69 Å². The first-order chi connectivity index (χ1) is 9.66. The number of benzene rings is 1. The summed E-state index contributed by atoms with van der Waals surface area (Å²) in [4.78, 5) is 13.0. The van der Waals surface area contributed by atoms with E-state index in [0.717, 1.165) is 24.2 Å². The maximum absolute atomic E-state index is 11.0. The van der Waals surface area contributed by atoms with E-state index in [1.54, 1.807) is 0 Å². The molecule has 4 heteroatoms. The van der Waals surface area contributed by atoms with E-state index in [2.05, 4.69) is 0 Å². The zero-order valence-electron chi connectivity index (χ0n) is 12.0. The minimum atomic E-state index is -0.757. The number of carbonyl (C=O) groups is 1. The van der Waals surface area contributed by atoms with Crippen LogP contribution >= 0.6 is 0 Å². The topological polar surface area (TPSA) is 49.8 Å². The van der Waals surface area contributed by atoms with Crippen LogP contribution in [0.25, 0.3) is 0 Å². The Morgan fingerprint density at radius 2 is 2.05 bits per heavy atom. The predicted octanol–water partition coefficient (Wildman–Crippen LogP) is 2.70. The molecule has 1 aliphatic carbocycles. The van der Waals surface area contributed by atoms with Crippen molar-refractivity contribution in [3.8, 4) is 5.75 Å². The van der Waals surface area contributed by atoms with Crippen LogP contribution in [0, 0.1) is 6.92 Å². The summed E-state index contributed by atoms with van der Waals surface area (Å²) >= 11 is 0. The lowest BCUT2D eigenvalue weighted by Gasteiger charge is -2.27. The van der Waals surface area contributed by atoms with E-state index in [0.29, 0.717) is 19.2 Å². The van der Waals surface area contributed by atoms with Crippen LogP contribution in [-0.4, -0.2) is 41.7 Å². The predicted molar refractivity (Wildman–Crippen MR) is 78.1 cm³/mol. The summed E-state index contributed by atoms with van der Waals surface area (Å²) in [6, 6.07) is 8.31. The quantitative estimate of drug-likeness (QED) is 0.832. The molecule has 1 aliphatic rings. The molecule has 0 spiro atoms. The molecule has 0 aromatic heterocycles. The Morgan fingerprint density at radius 1 is 1.35 bits per heavy atom. The molecular weight excluding hydrogens is 254 g/mol. The minimum absolute atomic E-state index is 0.113. The third-order valence-corrected chi connectivity index (χ3v) is 3.91. The Labute approximate surface area is 120 Å². The van der Waals surface area contributed by atoms with E-state index in [4.69, 9.17) is 9.84 Å². The molecule has 0 aliphatic heterocycles. The van der Waals surface area contributed by atoms with Crippen LogP contribution < -0.4 is 4.74 Å². The number of carboxylic acid groups (broad SMARTS) is 1. The molecule has 0 heterocycles. The Morgan fingerprint density at radius 3 is 2.70 bits per heavy atom. The van der Waals surface area contributed by atoms with Gasteiger partial charge in [0, 0.05) is 12.6 Å². The lowest BCUT2D eigenvalue weighted by molar-refractivity contribution is -0.139. The summed E-state index contributed by atoms with van der Waals surface area (Å²) in [6.07, 6.45) is 4.63. The summed E-state index contributed by atoms with van der Waals surface area (Å²) in [6.45, 7) is 3.34. The monoisotopic (exact) mass is 277 g/mol. The number of nitrogens with zero attached hydrogens (tertiary/aromatic N) is 1. The van der Waals surface area contributed by atoms with Crippen LogP contribution in [-0.2, 0) is 4.79 Å². The van der Waals surface area contributed by atoms with Crippen molar-refractivity contribution in [1.82, 2.24) is 4.90 Å². The number of aliphatic carboxylic acids is 1. The lowest BCUT2D eigenvalue weighted by Crippen LogP contribution is -2.40. The molecule has 0 bridgehead atoms. The fourth-order valence-electron chi connectivity index (χ4n) is 2.83. The Balaban J connectivity index is 1.85. The summed E-state index contributed by atoms with van der Waals surface area (Å²) in [7, 11) is 0. The molecule has 1 aromatic carbocycles. The third-order valence-electron chi connectivity index (χ3n) is 3.91. The second-order valence-corrected chi connectivity index (χ2v) is 5.42. The van der Waals surface area contributed by atoms with E-state index in [9.17, 15) is 4.79 Å². The lowest BCUT2D eigenvalue weighted by atomic mass is 10.2. The minimum Gasteiger partial charge on any atom is -0.492 e. The molecule has 2 rings (SSSR count). The van der Waals surface area contributed by atoms with Gasteiger partial charge in [0.15, 0.2) is 0 Å². The van der Waals surface area contributed by atoms with Crippen molar-refractivity contribution in [2.75, 3.05) is 19.7 Å². The first-order valence-corrected chi connectivity index (χ1v) is 7.31. The van der Waals surface area contributed by atoms with Gasteiger partial charge in [0.2, 0.25) is 0 Å².